The number of alkyl halides is 3. The molecule has 1 aromatic rings. The first kappa shape index (κ1) is 17.4. The Labute approximate surface area is 129 Å². The number of nitro groups is 1. The third kappa shape index (κ3) is 3.89. The number of nitro benzene ring substituents is 1. The van der Waals surface area contributed by atoms with Crippen molar-refractivity contribution in [2.45, 2.75) is 18.5 Å². The summed E-state index contributed by atoms with van der Waals surface area (Å²) >= 11 is 0. The Morgan fingerprint density at radius 1 is 1.52 bits per heavy atom. The van der Waals surface area contributed by atoms with E-state index in [1.54, 1.807) is 4.90 Å². The Balaban J connectivity index is 2.43. The molecule has 10 heteroatoms. The fourth-order valence-electron chi connectivity index (χ4n) is 2.43. The molecule has 7 nitrogen and oxygen atoms in total. The average molecular weight is 335 g/mol. The summed E-state index contributed by atoms with van der Waals surface area (Å²) in [5.41, 5.74) is -0.946. The Kier molecular flexibility index (Phi) is 5.07. The molecular formula is C13H16F3N3O4. The number of non-ortho nitro benzene ring substituents is 1. The molecule has 0 spiro atoms. The van der Waals surface area contributed by atoms with Gasteiger partial charge >= 0.3 is 6.18 Å². The highest BCUT2D eigenvalue weighted by Crippen LogP contribution is 2.39. The molecule has 0 aromatic heterocycles. The van der Waals surface area contributed by atoms with Gasteiger partial charge in [0.15, 0.2) is 6.10 Å². The molecule has 1 aliphatic rings. The number of nitrogens with zero attached hydrogens (tertiary/aromatic N) is 2. The van der Waals surface area contributed by atoms with Crippen LogP contribution in [0.3, 0.4) is 0 Å². The lowest BCUT2D eigenvalue weighted by molar-refractivity contribution is -0.385. The summed E-state index contributed by atoms with van der Waals surface area (Å²) in [5.74, 6) is 0. The smallest absolute Gasteiger partial charge is 0.379 e. The van der Waals surface area contributed by atoms with Crippen LogP contribution in [-0.2, 0) is 4.74 Å². The van der Waals surface area contributed by atoms with Gasteiger partial charge in [-0.2, -0.15) is 13.2 Å². The van der Waals surface area contributed by atoms with Crippen LogP contribution >= 0.6 is 0 Å². The number of hydrogen-bond donors (Lipinski definition) is 2. The van der Waals surface area contributed by atoms with Crippen molar-refractivity contribution in [3.63, 3.8) is 0 Å². The quantitative estimate of drug-likeness (QED) is 0.641. The monoisotopic (exact) mass is 335 g/mol. The van der Waals surface area contributed by atoms with Crippen molar-refractivity contribution in [1.82, 2.24) is 5.32 Å². The average Bonchev–Trinajstić information content (AvgIpc) is 2.52. The third-order valence-electron chi connectivity index (χ3n) is 3.59. The number of benzene rings is 1. The maximum absolute atomic E-state index is 12.9. The minimum atomic E-state index is -4.92. The largest absolute Gasteiger partial charge is 0.418 e. The molecule has 2 rings (SSSR count). The molecule has 1 unspecified atom stereocenters. The lowest BCUT2D eigenvalue weighted by atomic mass is 10.0. The van der Waals surface area contributed by atoms with Gasteiger partial charge in [0.05, 0.1) is 11.5 Å². The molecule has 0 amide bonds. The maximum atomic E-state index is 12.9. The van der Waals surface area contributed by atoms with Gasteiger partial charge in [-0.3, -0.25) is 15.4 Å². The van der Waals surface area contributed by atoms with Gasteiger partial charge in [-0.1, -0.05) is 0 Å². The number of aliphatic hydroxyl groups is 1. The van der Waals surface area contributed by atoms with Crippen LogP contribution in [0.1, 0.15) is 11.7 Å². The van der Waals surface area contributed by atoms with E-state index < -0.39 is 28.5 Å². The van der Waals surface area contributed by atoms with Crippen molar-refractivity contribution in [2.24, 2.45) is 0 Å². The molecule has 1 fully saturated rings. The van der Waals surface area contributed by atoms with E-state index in [1.165, 1.54) is 13.2 Å². The fourth-order valence-corrected chi connectivity index (χ4v) is 2.43. The van der Waals surface area contributed by atoms with Crippen LogP contribution in [0, 0.1) is 10.1 Å². The number of hydrogen-bond acceptors (Lipinski definition) is 6. The Bertz CT molecular complexity index is 582. The summed E-state index contributed by atoms with van der Waals surface area (Å²) < 4.78 is 43.8. The topological polar surface area (TPSA) is 87.9 Å². The van der Waals surface area contributed by atoms with Gasteiger partial charge < -0.3 is 14.7 Å². The number of nitrogens with one attached hydrogen (secondary N) is 1. The number of halogens is 3. The van der Waals surface area contributed by atoms with Crippen molar-refractivity contribution >= 4 is 11.4 Å². The Morgan fingerprint density at radius 3 is 2.78 bits per heavy atom. The molecule has 0 aliphatic carbocycles. The van der Waals surface area contributed by atoms with Crippen molar-refractivity contribution < 1.29 is 27.9 Å². The molecule has 0 radical (unpaired) electrons. The van der Waals surface area contributed by atoms with Gasteiger partial charge in [-0.15, -0.1) is 0 Å². The first-order valence-corrected chi connectivity index (χ1v) is 6.78. The lowest BCUT2D eigenvalue weighted by Crippen LogP contribution is -2.52. The number of anilines is 1. The van der Waals surface area contributed by atoms with Crippen LogP contribution in [-0.4, -0.2) is 49.2 Å². The normalized spacial score (nSPS) is 20.4. The fraction of sp³-hybridized carbons (Fsp3) is 0.538. The van der Waals surface area contributed by atoms with E-state index in [9.17, 15) is 28.4 Å². The Hall–Kier alpha value is -1.91. The summed E-state index contributed by atoms with van der Waals surface area (Å²) in [6, 6.07) is 3.10. The predicted molar refractivity (Wildman–Crippen MR) is 75.1 cm³/mol. The maximum Gasteiger partial charge on any atom is 0.418 e. The van der Waals surface area contributed by atoms with Crippen molar-refractivity contribution in [1.29, 1.82) is 0 Å². The number of aliphatic hydroxyl groups excluding tert-OH is 1. The molecule has 2 atom stereocenters. The van der Waals surface area contributed by atoms with E-state index in [2.05, 4.69) is 5.32 Å². The Morgan fingerprint density at radius 2 is 2.22 bits per heavy atom. The SMILES string of the molecule is CO[C@@H]1CN(c2ccc([N+](=O)[O-])cc2C(O)C(F)(F)F)CCN1. The van der Waals surface area contributed by atoms with E-state index >= 15 is 0 Å². The van der Waals surface area contributed by atoms with E-state index in [-0.39, 0.29) is 18.5 Å². The van der Waals surface area contributed by atoms with Crippen LogP contribution in [0.25, 0.3) is 0 Å². The van der Waals surface area contributed by atoms with Gasteiger partial charge in [0.25, 0.3) is 5.69 Å². The molecule has 128 valence electrons. The number of methoxy groups -OCH3 is 1. The minimum Gasteiger partial charge on any atom is -0.379 e. The second-order valence-electron chi connectivity index (χ2n) is 5.07. The van der Waals surface area contributed by atoms with Gasteiger partial charge in [0.2, 0.25) is 0 Å². The summed E-state index contributed by atoms with van der Waals surface area (Å²) in [7, 11) is 1.46. The number of rotatable bonds is 4. The van der Waals surface area contributed by atoms with Crippen molar-refractivity contribution in [3.05, 3.63) is 33.9 Å². The predicted octanol–water partition coefficient (Wildman–Crippen LogP) is 1.57. The van der Waals surface area contributed by atoms with E-state index in [0.29, 0.717) is 13.1 Å². The van der Waals surface area contributed by atoms with Crippen molar-refractivity contribution in [2.75, 3.05) is 31.6 Å². The highest BCUT2D eigenvalue weighted by molar-refractivity contribution is 5.59. The van der Waals surface area contributed by atoms with Crippen molar-refractivity contribution in [3.8, 4) is 0 Å². The molecular weight excluding hydrogens is 319 g/mol. The van der Waals surface area contributed by atoms with Gasteiger partial charge in [-0.25, -0.2) is 0 Å². The first-order valence-electron chi connectivity index (χ1n) is 6.78. The summed E-state index contributed by atoms with van der Waals surface area (Å²) in [6.45, 7) is 1.11. The molecule has 1 saturated heterocycles. The summed E-state index contributed by atoms with van der Waals surface area (Å²) in [6.07, 6.45) is -8.10. The van der Waals surface area contributed by atoms with E-state index in [4.69, 9.17) is 4.74 Å². The first-order chi connectivity index (χ1) is 10.7. The molecule has 1 heterocycles. The number of ether oxygens (including phenoxy) is 1. The van der Waals surface area contributed by atoms with Crippen LogP contribution in [0.15, 0.2) is 18.2 Å². The van der Waals surface area contributed by atoms with E-state index in [1.807, 2.05) is 0 Å². The summed E-state index contributed by atoms with van der Waals surface area (Å²) in [5, 5.41) is 23.4. The zero-order chi connectivity index (χ0) is 17.2. The van der Waals surface area contributed by atoms with Gasteiger partial charge in [-0.05, 0) is 6.07 Å². The molecule has 1 aliphatic heterocycles. The molecule has 2 N–H and O–H groups in total. The standard InChI is InChI=1S/C13H16F3N3O4/c1-23-11-7-18(5-4-17-11)10-3-2-8(19(21)22)6-9(10)12(20)13(14,15)16/h2-3,6,11-12,17,20H,4-5,7H2,1H3/t11-,12?/m1/s1. The van der Waals surface area contributed by atoms with E-state index in [0.717, 1.165) is 12.1 Å². The lowest BCUT2D eigenvalue weighted by Gasteiger charge is -2.36. The minimum absolute atomic E-state index is 0.101. The van der Waals surface area contributed by atoms with Crippen LogP contribution in [0.5, 0.6) is 0 Å². The zero-order valence-corrected chi connectivity index (χ0v) is 12.2. The zero-order valence-electron chi connectivity index (χ0n) is 12.2. The van der Waals surface area contributed by atoms with Crippen LogP contribution < -0.4 is 10.2 Å². The van der Waals surface area contributed by atoms with Crippen LogP contribution in [0.2, 0.25) is 0 Å². The highest BCUT2D eigenvalue weighted by Gasteiger charge is 2.42. The van der Waals surface area contributed by atoms with Crippen LogP contribution in [0.4, 0.5) is 24.5 Å². The molecule has 0 bridgehead atoms. The molecule has 0 saturated carbocycles. The number of piperazine rings is 1. The summed E-state index contributed by atoms with van der Waals surface area (Å²) in [4.78, 5) is 11.6. The third-order valence-corrected chi connectivity index (χ3v) is 3.59. The molecule has 1 aromatic carbocycles. The highest BCUT2D eigenvalue weighted by atomic mass is 19.4. The molecule has 23 heavy (non-hydrogen) atoms. The second-order valence-corrected chi connectivity index (χ2v) is 5.07. The van der Waals surface area contributed by atoms with Gasteiger partial charge in [0, 0.05) is 43.6 Å². The second kappa shape index (κ2) is 6.69. The van der Waals surface area contributed by atoms with Gasteiger partial charge in [0.1, 0.15) is 6.23 Å².